The van der Waals surface area contributed by atoms with Crippen LogP contribution in [0, 0.1) is 17.3 Å². The van der Waals surface area contributed by atoms with Crippen molar-refractivity contribution in [2.75, 3.05) is 0 Å². The molecule has 2 rings (SSSR count). The van der Waals surface area contributed by atoms with Crippen LogP contribution >= 0.6 is 0 Å². The molecule has 100 valence electrons. The van der Waals surface area contributed by atoms with E-state index in [2.05, 4.69) is 13.8 Å². The lowest BCUT2D eigenvalue weighted by atomic mass is 9.51. The van der Waals surface area contributed by atoms with Crippen molar-refractivity contribution in [2.45, 2.75) is 77.4 Å². The van der Waals surface area contributed by atoms with Gasteiger partial charge in [-0.3, -0.25) is 0 Å². The zero-order chi connectivity index (χ0) is 12.9. The molecule has 2 aliphatic rings. The summed E-state index contributed by atoms with van der Waals surface area (Å²) in [4.78, 5) is 0. The van der Waals surface area contributed by atoms with E-state index in [0.717, 1.165) is 32.1 Å². The van der Waals surface area contributed by atoms with E-state index in [0.29, 0.717) is 5.92 Å². The highest BCUT2D eigenvalue weighted by molar-refractivity contribution is 5.07. The Morgan fingerprint density at radius 2 is 1.82 bits per heavy atom. The van der Waals surface area contributed by atoms with E-state index in [1.165, 1.54) is 6.42 Å². The van der Waals surface area contributed by atoms with E-state index >= 15 is 0 Å². The Bertz CT molecular complexity index is 294. The highest BCUT2D eigenvalue weighted by Gasteiger charge is 2.56. The lowest BCUT2D eigenvalue weighted by Gasteiger charge is -2.58. The molecule has 2 heteroatoms. The molecule has 0 aromatic rings. The van der Waals surface area contributed by atoms with Crippen molar-refractivity contribution in [3.8, 4) is 0 Å². The van der Waals surface area contributed by atoms with Gasteiger partial charge in [-0.25, -0.2) is 0 Å². The van der Waals surface area contributed by atoms with Gasteiger partial charge in [0.2, 0.25) is 0 Å². The maximum Gasteiger partial charge on any atom is 0.0730 e. The van der Waals surface area contributed by atoms with Gasteiger partial charge >= 0.3 is 0 Å². The van der Waals surface area contributed by atoms with Crippen LogP contribution in [0.2, 0.25) is 0 Å². The molecule has 0 bridgehead atoms. The molecule has 2 saturated carbocycles. The van der Waals surface area contributed by atoms with Gasteiger partial charge in [-0.2, -0.15) is 0 Å². The molecule has 4 atom stereocenters. The molecule has 0 unspecified atom stereocenters. The molecule has 2 N–H and O–H groups in total. The summed E-state index contributed by atoms with van der Waals surface area (Å²) in [6.07, 6.45) is 6.40. The minimum atomic E-state index is -0.659. The average molecular weight is 240 g/mol. The fourth-order valence-corrected chi connectivity index (χ4v) is 4.21. The number of hydrogen-bond donors (Lipinski definition) is 2. The molecule has 0 aromatic heterocycles. The largest absolute Gasteiger partial charge is 0.390 e. The lowest BCUT2D eigenvalue weighted by Crippen LogP contribution is -2.59. The second-order valence-corrected chi connectivity index (χ2v) is 7.37. The Morgan fingerprint density at radius 3 is 2.41 bits per heavy atom. The zero-order valence-electron chi connectivity index (χ0n) is 11.8. The van der Waals surface area contributed by atoms with Crippen LogP contribution in [0.15, 0.2) is 0 Å². The Labute approximate surface area is 105 Å². The second-order valence-electron chi connectivity index (χ2n) is 7.37. The van der Waals surface area contributed by atoms with E-state index in [-0.39, 0.29) is 11.3 Å². The first kappa shape index (κ1) is 13.4. The molecule has 0 aromatic carbocycles. The normalized spacial score (nSPS) is 47.6. The smallest absolute Gasteiger partial charge is 0.0730 e. The van der Waals surface area contributed by atoms with Gasteiger partial charge in [0, 0.05) is 0 Å². The first-order valence-corrected chi connectivity index (χ1v) is 7.14. The predicted molar refractivity (Wildman–Crippen MR) is 69.7 cm³/mol. The Hall–Kier alpha value is -0.0800. The summed E-state index contributed by atoms with van der Waals surface area (Å²) < 4.78 is 0. The van der Waals surface area contributed by atoms with E-state index < -0.39 is 11.2 Å². The molecule has 0 saturated heterocycles. The van der Waals surface area contributed by atoms with Gasteiger partial charge in [-0.15, -0.1) is 0 Å². The molecule has 0 amide bonds. The predicted octanol–water partition coefficient (Wildman–Crippen LogP) is 3.11. The molecule has 2 nitrogen and oxygen atoms in total. The zero-order valence-corrected chi connectivity index (χ0v) is 11.8. The summed E-state index contributed by atoms with van der Waals surface area (Å²) in [5.74, 6) is 0.604. The molecule has 17 heavy (non-hydrogen) atoms. The standard InChI is InChI=1S/C15H28O2/c1-11-6-5-8-14(4)9-7-12(13(2,3)16)10-15(11,14)17/h11-12,16-17H,5-10H2,1-4H3/t11-,12+,14+,15-/m0/s1. The van der Waals surface area contributed by atoms with Gasteiger partial charge in [-0.05, 0) is 63.2 Å². The van der Waals surface area contributed by atoms with Gasteiger partial charge in [0.15, 0.2) is 0 Å². The number of fused-ring (bicyclic) bond motifs is 1. The van der Waals surface area contributed by atoms with Crippen molar-refractivity contribution in [1.29, 1.82) is 0 Å². The molecular formula is C15H28O2. The van der Waals surface area contributed by atoms with E-state index in [1.807, 2.05) is 13.8 Å². The quantitative estimate of drug-likeness (QED) is 0.739. The van der Waals surface area contributed by atoms with Crippen LogP contribution in [-0.4, -0.2) is 21.4 Å². The molecule has 0 aliphatic heterocycles. The molecule has 0 radical (unpaired) electrons. The fraction of sp³-hybridized carbons (Fsp3) is 1.00. The van der Waals surface area contributed by atoms with Crippen molar-refractivity contribution < 1.29 is 10.2 Å². The molecular weight excluding hydrogens is 212 g/mol. The molecule has 2 aliphatic carbocycles. The summed E-state index contributed by atoms with van der Waals surface area (Å²) in [6.45, 7) is 8.21. The summed E-state index contributed by atoms with van der Waals surface area (Å²) in [5.41, 5.74) is -1.14. The number of hydrogen-bond acceptors (Lipinski definition) is 2. The Morgan fingerprint density at radius 1 is 1.18 bits per heavy atom. The van der Waals surface area contributed by atoms with Crippen LogP contribution < -0.4 is 0 Å². The first-order chi connectivity index (χ1) is 7.69. The minimum Gasteiger partial charge on any atom is -0.390 e. The fourth-order valence-electron chi connectivity index (χ4n) is 4.21. The Balaban J connectivity index is 2.25. The minimum absolute atomic E-state index is 0.0758. The van der Waals surface area contributed by atoms with Crippen molar-refractivity contribution in [2.24, 2.45) is 17.3 Å². The SMILES string of the molecule is C[C@H]1CCC[C@]2(C)CC[C@@H](C(C)(C)O)C[C@]12O. The van der Waals surface area contributed by atoms with Crippen LogP contribution in [0.25, 0.3) is 0 Å². The van der Waals surface area contributed by atoms with Gasteiger partial charge in [0.05, 0.1) is 11.2 Å². The average Bonchev–Trinajstić information content (AvgIpc) is 2.19. The number of aliphatic hydroxyl groups is 2. The van der Waals surface area contributed by atoms with Crippen molar-refractivity contribution in [3.63, 3.8) is 0 Å². The number of rotatable bonds is 1. The summed E-state index contributed by atoms with van der Waals surface area (Å²) in [7, 11) is 0. The van der Waals surface area contributed by atoms with Crippen LogP contribution in [0.4, 0.5) is 0 Å². The summed E-state index contributed by atoms with van der Waals surface area (Å²) in [6, 6.07) is 0. The molecule has 0 heterocycles. The van der Waals surface area contributed by atoms with Gasteiger partial charge in [-0.1, -0.05) is 20.3 Å². The first-order valence-electron chi connectivity index (χ1n) is 7.14. The van der Waals surface area contributed by atoms with Crippen LogP contribution in [0.5, 0.6) is 0 Å². The maximum atomic E-state index is 11.1. The van der Waals surface area contributed by atoms with E-state index in [9.17, 15) is 10.2 Å². The molecule has 0 spiro atoms. The van der Waals surface area contributed by atoms with Crippen molar-refractivity contribution in [1.82, 2.24) is 0 Å². The summed E-state index contributed by atoms with van der Waals surface area (Å²) >= 11 is 0. The third kappa shape index (κ3) is 2.04. The van der Waals surface area contributed by atoms with Gasteiger partial charge < -0.3 is 10.2 Å². The third-order valence-corrected chi connectivity index (χ3v) is 5.83. The third-order valence-electron chi connectivity index (χ3n) is 5.83. The highest BCUT2D eigenvalue weighted by atomic mass is 16.3. The maximum absolute atomic E-state index is 11.1. The van der Waals surface area contributed by atoms with E-state index in [4.69, 9.17) is 0 Å². The Kier molecular flexibility index (Phi) is 3.11. The van der Waals surface area contributed by atoms with Gasteiger partial charge in [0.1, 0.15) is 0 Å². The monoisotopic (exact) mass is 240 g/mol. The second kappa shape index (κ2) is 3.96. The van der Waals surface area contributed by atoms with Gasteiger partial charge in [0.25, 0.3) is 0 Å². The van der Waals surface area contributed by atoms with Crippen molar-refractivity contribution in [3.05, 3.63) is 0 Å². The van der Waals surface area contributed by atoms with Crippen LogP contribution in [0.1, 0.15) is 66.2 Å². The summed E-state index contributed by atoms with van der Waals surface area (Å²) in [5, 5.41) is 21.3. The van der Waals surface area contributed by atoms with Crippen LogP contribution in [0.3, 0.4) is 0 Å². The lowest BCUT2D eigenvalue weighted by molar-refractivity contribution is -0.194. The van der Waals surface area contributed by atoms with Crippen molar-refractivity contribution >= 4 is 0 Å². The van der Waals surface area contributed by atoms with E-state index in [1.54, 1.807) is 0 Å². The topological polar surface area (TPSA) is 40.5 Å². The highest BCUT2D eigenvalue weighted by Crippen LogP contribution is 2.57. The van der Waals surface area contributed by atoms with Crippen LogP contribution in [-0.2, 0) is 0 Å². The molecule has 2 fully saturated rings.